The quantitative estimate of drug-likeness (QED) is 0.922. The smallest absolute Gasteiger partial charge is 0.346 e. The third kappa shape index (κ3) is 2.28. The minimum absolute atomic E-state index is 0.311. The van der Waals surface area contributed by atoms with Crippen LogP contribution in [0.3, 0.4) is 0 Å². The van der Waals surface area contributed by atoms with Crippen molar-refractivity contribution in [3.8, 4) is 16.9 Å². The molecule has 0 radical (unpaired) electrons. The van der Waals surface area contributed by atoms with Gasteiger partial charge in [-0.1, -0.05) is 17.7 Å². The Morgan fingerprint density at radius 1 is 1.41 bits per heavy atom. The number of aromatic carboxylic acids is 1. The van der Waals surface area contributed by atoms with E-state index in [9.17, 15) is 4.79 Å². The second-order valence-corrected chi connectivity index (χ2v) is 4.64. The van der Waals surface area contributed by atoms with Crippen molar-refractivity contribution in [3.05, 3.63) is 39.5 Å². The lowest BCUT2D eigenvalue weighted by atomic mass is 10.1. The van der Waals surface area contributed by atoms with Crippen LogP contribution in [0.1, 0.15) is 9.67 Å². The second kappa shape index (κ2) is 4.77. The molecule has 0 aliphatic rings. The van der Waals surface area contributed by atoms with Gasteiger partial charge in [0.25, 0.3) is 0 Å². The molecule has 0 saturated carbocycles. The topological polar surface area (TPSA) is 46.5 Å². The van der Waals surface area contributed by atoms with Crippen LogP contribution in [0.2, 0.25) is 5.02 Å². The van der Waals surface area contributed by atoms with Crippen LogP contribution in [0.15, 0.2) is 29.6 Å². The molecule has 17 heavy (non-hydrogen) atoms. The predicted molar refractivity (Wildman–Crippen MR) is 68.3 cm³/mol. The molecule has 0 aliphatic heterocycles. The van der Waals surface area contributed by atoms with Crippen molar-refractivity contribution in [2.24, 2.45) is 0 Å². The first-order chi connectivity index (χ1) is 8.13. The van der Waals surface area contributed by atoms with Crippen molar-refractivity contribution in [1.29, 1.82) is 0 Å². The van der Waals surface area contributed by atoms with E-state index in [-0.39, 0.29) is 0 Å². The van der Waals surface area contributed by atoms with E-state index in [1.54, 1.807) is 29.6 Å². The minimum Gasteiger partial charge on any atom is -0.495 e. The number of rotatable bonds is 3. The van der Waals surface area contributed by atoms with E-state index >= 15 is 0 Å². The Kier molecular flexibility index (Phi) is 3.36. The third-order valence-electron chi connectivity index (χ3n) is 2.32. The summed E-state index contributed by atoms with van der Waals surface area (Å²) < 4.78 is 5.05. The van der Waals surface area contributed by atoms with Gasteiger partial charge >= 0.3 is 5.97 Å². The Balaban J connectivity index is 2.50. The fourth-order valence-corrected chi connectivity index (χ4v) is 2.55. The maximum atomic E-state index is 11.0. The number of thiophene rings is 1. The Bertz CT molecular complexity index is 563. The number of carbonyl (C=O) groups is 1. The zero-order chi connectivity index (χ0) is 12.4. The number of methoxy groups -OCH3 is 1. The van der Waals surface area contributed by atoms with Gasteiger partial charge < -0.3 is 9.84 Å². The molecule has 1 heterocycles. The first-order valence-corrected chi connectivity index (χ1v) is 6.04. The number of carboxylic acids is 1. The largest absolute Gasteiger partial charge is 0.495 e. The van der Waals surface area contributed by atoms with E-state index in [1.807, 2.05) is 0 Å². The van der Waals surface area contributed by atoms with Crippen LogP contribution in [-0.4, -0.2) is 18.2 Å². The van der Waals surface area contributed by atoms with E-state index in [0.717, 1.165) is 5.56 Å². The van der Waals surface area contributed by atoms with Crippen molar-refractivity contribution >= 4 is 28.9 Å². The fourth-order valence-electron chi connectivity index (χ4n) is 1.54. The second-order valence-electron chi connectivity index (χ2n) is 3.32. The molecule has 0 fully saturated rings. The number of ether oxygens (including phenoxy) is 1. The zero-order valence-corrected chi connectivity index (χ0v) is 10.5. The van der Waals surface area contributed by atoms with Crippen LogP contribution in [0.4, 0.5) is 0 Å². The molecule has 2 aromatic rings. The molecule has 0 amide bonds. The van der Waals surface area contributed by atoms with Crippen molar-refractivity contribution in [1.82, 2.24) is 0 Å². The Labute approximate surface area is 107 Å². The highest BCUT2D eigenvalue weighted by Crippen LogP contribution is 2.33. The lowest BCUT2D eigenvalue weighted by molar-refractivity contribution is 0.0703. The van der Waals surface area contributed by atoms with Gasteiger partial charge in [0.15, 0.2) is 0 Å². The Morgan fingerprint density at radius 2 is 2.18 bits per heavy atom. The molecule has 0 unspecified atom stereocenters. The normalized spacial score (nSPS) is 10.2. The van der Waals surface area contributed by atoms with Crippen molar-refractivity contribution in [2.45, 2.75) is 0 Å². The van der Waals surface area contributed by atoms with Gasteiger partial charge in [-0.2, -0.15) is 0 Å². The number of carboxylic acid groups (broad SMARTS) is 1. The fraction of sp³-hybridized carbons (Fsp3) is 0.0833. The molecule has 2 rings (SSSR count). The van der Waals surface area contributed by atoms with E-state index in [1.165, 1.54) is 18.4 Å². The van der Waals surface area contributed by atoms with Crippen molar-refractivity contribution < 1.29 is 14.6 Å². The molecule has 0 atom stereocenters. The molecule has 5 heteroatoms. The molecule has 1 N–H and O–H groups in total. The summed E-state index contributed by atoms with van der Waals surface area (Å²) in [4.78, 5) is 11.3. The summed E-state index contributed by atoms with van der Waals surface area (Å²) in [6.07, 6.45) is 0. The van der Waals surface area contributed by atoms with E-state index in [4.69, 9.17) is 21.4 Å². The highest BCUT2D eigenvalue weighted by molar-refractivity contribution is 7.12. The summed E-state index contributed by atoms with van der Waals surface area (Å²) in [6, 6.07) is 6.99. The molecule has 0 bridgehead atoms. The summed E-state index contributed by atoms with van der Waals surface area (Å²) in [5, 5.41) is 11.3. The maximum Gasteiger partial charge on any atom is 0.346 e. The van der Waals surface area contributed by atoms with Gasteiger partial charge in [-0.15, -0.1) is 11.3 Å². The molecular formula is C12H9ClO3S. The lowest BCUT2D eigenvalue weighted by Gasteiger charge is -2.05. The minimum atomic E-state index is -0.929. The average molecular weight is 269 g/mol. The van der Waals surface area contributed by atoms with E-state index < -0.39 is 5.97 Å². The molecular weight excluding hydrogens is 260 g/mol. The average Bonchev–Trinajstić information content (AvgIpc) is 2.77. The summed E-state index contributed by atoms with van der Waals surface area (Å²) >= 11 is 7.20. The highest BCUT2D eigenvalue weighted by atomic mass is 35.5. The summed E-state index contributed by atoms with van der Waals surface area (Å²) in [5.41, 5.74) is 1.45. The first-order valence-electron chi connectivity index (χ1n) is 4.78. The zero-order valence-electron chi connectivity index (χ0n) is 8.94. The highest BCUT2D eigenvalue weighted by Gasteiger charge is 2.14. The number of hydrogen-bond donors (Lipinski definition) is 1. The molecule has 88 valence electrons. The molecule has 0 spiro atoms. The van der Waals surface area contributed by atoms with E-state index in [2.05, 4.69) is 0 Å². The molecule has 0 aliphatic carbocycles. The van der Waals surface area contributed by atoms with E-state index in [0.29, 0.717) is 21.2 Å². The van der Waals surface area contributed by atoms with Gasteiger partial charge in [0, 0.05) is 5.56 Å². The van der Waals surface area contributed by atoms with Crippen LogP contribution in [-0.2, 0) is 0 Å². The monoisotopic (exact) mass is 268 g/mol. The van der Waals surface area contributed by atoms with Gasteiger partial charge in [0.05, 0.1) is 12.1 Å². The maximum absolute atomic E-state index is 11.0. The van der Waals surface area contributed by atoms with Crippen LogP contribution < -0.4 is 4.74 Å². The molecule has 1 aromatic heterocycles. The number of hydrogen-bond acceptors (Lipinski definition) is 3. The standard InChI is InChI=1S/C12H9ClO3S/c1-16-10-3-2-7(6-9(10)13)8-4-5-17-11(8)12(14)15/h2-6H,1H3,(H,14,15). The summed E-state index contributed by atoms with van der Waals surface area (Å²) in [7, 11) is 1.54. The Hall–Kier alpha value is -1.52. The van der Waals surface area contributed by atoms with Crippen molar-refractivity contribution in [2.75, 3.05) is 7.11 Å². The predicted octanol–water partition coefficient (Wildman–Crippen LogP) is 3.78. The van der Waals surface area contributed by atoms with Crippen LogP contribution in [0.5, 0.6) is 5.75 Å². The lowest BCUT2D eigenvalue weighted by Crippen LogP contribution is -1.94. The van der Waals surface area contributed by atoms with Gasteiger partial charge in [0.1, 0.15) is 10.6 Å². The van der Waals surface area contributed by atoms with Gasteiger partial charge in [-0.25, -0.2) is 4.79 Å². The summed E-state index contributed by atoms with van der Waals surface area (Å²) in [5.74, 6) is -0.357. The molecule has 1 aromatic carbocycles. The van der Waals surface area contributed by atoms with Gasteiger partial charge in [0.2, 0.25) is 0 Å². The van der Waals surface area contributed by atoms with Gasteiger partial charge in [-0.05, 0) is 29.1 Å². The molecule has 3 nitrogen and oxygen atoms in total. The number of halogens is 1. The molecule has 0 saturated heterocycles. The Morgan fingerprint density at radius 3 is 2.76 bits per heavy atom. The first kappa shape index (κ1) is 12.0. The number of benzene rings is 1. The van der Waals surface area contributed by atoms with Crippen LogP contribution in [0.25, 0.3) is 11.1 Å². The van der Waals surface area contributed by atoms with Crippen molar-refractivity contribution in [3.63, 3.8) is 0 Å². The van der Waals surface area contributed by atoms with Crippen LogP contribution >= 0.6 is 22.9 Å². The SMILES string of the molecule is COc1ccc(-c2ccsc2C(=O)O)cc1Cl. The third-order valence-corrected chi connectivity index (χ3v) is 3.52. The van der Waals surface area contributed by atoms with Crippen LogP contribution in [0, 0.1) is 0 Å². The van der Waals surface area contributed by atoms with Gasteiger partial charge in [-0.3, -0.25) is 0 Å². The summed E-state index contributed by atoms with van der Waals surface area (Å²) in [6.45, 7) is 0.